The van der Waals surface area contributed by atoms with Crippen LogP contribution in [0.4, 0.5) is 0 Å². The highest BCUT2D eigenvalue weighted by molar-refractivity contribution is 7.80. The third kappa shape index (κ3) is 2.94. The van der Waals surface area contributed by atoms with Crippen molar-refractivity contribution in [1.29, 1.82) is 0 Å². The summed E-state index contributed by atoms with van der Waals surface area (Å²) >= 11 is 4.26. The van der Waals surface area contributed by atoms with Crippen LogP contribution in [0.5, 0.6) is 5.75 Å². The number of rotatable bonds is 3. The van der Waals surface area contributed by atoms with Crippen LogP contribution in [0, 0.1) is 0 Å². The van der Waals surface area contributed by atoms with Crippen molar-refractivity contribution in [3.63, 3.8) is 0 Å². The predicted octanol–water partition coefficient (Wildman–Crippen LogP) is 2.78. The van der Waals surface area contributed by atoms with Crippen LogP contribution in [-0.2, 0) is 9.53 Å². The van der Waals surface area contributed by atoms with E-state index in [1.54, 1.807) is 6.07 Å². The van der Waals surface area contributed by atoms with Crippen molar-refractivity contribution in [2.75, 3.05) is 0 Å². The number of carbonyl (C=O) groups is 1. The number of esters is 1. The standard InChI is InChI=1S/C16H12O4S/c17-15-9-14(16(18)20-15)19-13-4-2-1-3-12(13)10-5-7-11(21)8-6-10/h1-9,16,18,21H. The second-order valence-electron chi connectivity index (χ2n) is 4.48. The number of aliphatic hydroxyl groups is 1. The summed E-state index contributed by atoms with van der Waals surface area (Å²) in [4.78, 5) is 12.0. The highest BCUT2D eigenvalue weighted by atomic mass is 32.1. The van der Waals surface area contributed by atoms with Gasteiger partial charge in [0.05, 0.1) is 6.08 Å². The summed E-state index contributed by atoms with van der Waals surface area (Å²) in [6.07, 6.45) is -0.219. The summed E-state index contributed by atoms with van der Waals surface area (Å²) in [6, 6.07) is 15.0. The van der Waals surface area contributed by atoms with E-state index in [2.05, 4.69) is 17.4 Å². The minimum absolute atomic E-state index is 0.0817. The number of thiol groups is 1. The van der Waals surface area contributed by atoms with E-state index in [1.807, 2.05) is 42.5 Å². The molecule has 1 heterocycles. The summed E-state index contributed by atoms with van der Waals surface area (Å²) in [6.45, 7) is 0. The summed E-state index contributed by atoms with van der Waals surface area (Å²) in [5.74, 6) is 0.000637. The Bertz CT molecular complexity index is 706. The third-order valence-electron chi connectivity index (χ3n) is 3.02. The molecule has 0 aromatic heterocycles. The quantitative estimate of drug-likeness (QED) is 0.676. The van der Waals surface area contributed by atoms with Crippen LogP contribution in [0.25, 0.3) is 11.1 Å². The molecule has 21 heavy (non-hydrogen) atoms. The van der Waals surface area contributed by atoms with E-state index in [0.29, 0.717) is 5.75 Å². The van der Waals surface area contributed by atoms with Gasteiger partial charge in [-0.3, -0.25) is 0 Å². The van der Waals surface area contributed by atoms with Crippen molar-refractivity contribution in [2.24, 2.45) is 0 Å². The molecule has 2 aromatic rings. The van der Waals surface area contributed by atoms with E-state index in [0.717, 1.165) is 22.1 Å². The molecule has 1 aliphatic rings. The second kappa shape index (κ2) is 5.63. The molecule has 5 heteroatoms. The summed E-state index contributed by atoms with van der Waals surface area (Å²) in [7, 11) is 0. The Morgan fingerprint density at radius 3 is 2.48 bits per heavy atom. The highest BCUT2D eigenvalue weighted by Crippen LogP contribution is 2.32. The normalized spacial score (nSPS) is 17.3. The van der Waals surface area contributed by atoms with Gasteiger partial charge in [-0.2, -0.15) is 0 Å². The molecule has 0 saturated carbocycles. The molecule has 0 aliphatic carbocycles. The summed E-state index contributed by atoms with van der Waals surface area (Å²) in [5.41, 5.74) is 1.79. The number of cyclic esters (lactones) is 1. The molecule has 0 radical (unpaired) electrons. The fourth-order valence-electron chi connectivity index (χ4n) is 2.03. The molecule has 1 N–H and O–H groups in total. The maximum atomic E-state index is 11.1. The average molecular weight is 300 g/mol. The van der Waals surface area contributed by atoms with Gasteiger partial charge in [-0.05, 0) is 23.8 Å². The van der Waals surface area contributed by atoms with Crippen LogP contribution in [-0.4, -0.2) is 17.4 Å². The predicted molar refractivity (Wildman–Crippen MR) is 79.9 cm³/mol. The molecule has 0 spiro atoms. The molecule has 1 aliphatic heterocycles. The maximum Gasteiger partial charge on any atom is 0.337 e. The molecular weight excluding hydrogens is 288 g/mol. The number of benzene rings is 2. The molecule has 0 fully saturated rings. The molecule has 4 nitrogen and oxygen atoms in total. The first-order valence-electron chi connectivity index (χ1n) is 6.30. The van der Waals surface area contributed by atoms with Crippen LogP contribution in [0.1, 0.15) is 0 Å². The van der Waals surface area contributed by atoms with Gasteiger partial charge in [0.25, 0.3) is 6.29 Å². The van der Waals surface area contributed by atoms with E-state index >= 15 is 0 Å². The SMILES string of the molecule is O=C1C=C(Oc2ccccc2-c2ccc(S)cc2)C(O)O1. The molecule has 0 saturated heterocycles. The molecule has 0 amide bonds. The minimum atomic E-state index is -1.36. The number of hydrogen-bond donors (Lipinski definition) is 2. The highest BCUT2D eigenvalue weighted by Gasteiger charge is 2.26. The Kier molecular flexibility index (Phi) is 3.68. The molecule has 106 valence electrons. The fraction of sp³-hybridized carbons (Fsp3) is 0.0625. The van der Waals surface area contributed by atoms with Gasteiger partial charge in [0, 0.05) is 10.5 Å². The fourth-order valence-corrected chi connectivity index (χ4v) is 2.18. The Balaban J connectivity index is 1.95. The number of ether oxygens (including phenoxy) is 2. The zero-order valence-corrected chi connectivity index (χ0v) is 11.8. The van der Waals surface area contributed by atoms with Gasteiger partial charge in [-0.1, -0.05) is 30.3 Å². The van der Waals surface area contributed by atoms with Gasteiger partial charge in [0.2, 0.25) is 0 Å². The van der Waals surface area contributed by atoms with Crippen molar-refractivity contribution in [2.45, 2.75) is 11.2 Å². The van der Waals surface area contributed by atoms with Crippen LogP contribution in [0.15, 0.2) is 65.3 Å². The van der Waals surface area contributed by atoms with Gasteiger partial charge in [0.1, 0.15) is 5.75 Å². The van der Waals surface area contributed by atoms with Gasteiger partial charge >= 0.3 is 5.97 Å². The summed E-state index contributed by atoms with van der Waals surface area (Å²) < 4.78 is 10.2. The number of carbonyl (C=O) groups excluding carboxylic acids is 1. The molecule has 1 atom stereocenters. The van der Waals surface area contributed by atoms with Gasteiger partial charge in [-0.25, -0.2) is 4.79 Å². The Labute approximate surface area is 127 Å². The van der Waals surface area contributed by atoms with Gasteiger partial charge in [-0.15, -0.1) is 12.6 Å². The topological polar surface area (TPSA) is 55.8 Å². The first kappa shape index (κ1) is 13.7. The van der Waals surface area contributed by atoms with Crippen molar-refractivity contribution in [3.8, 4) is 16.9 Å². The number of hydrogen-bond acceptors (Lipinski definition) is 5. The zero-order chi connectivity index (χ0) is 14.8. The van der Waals surface area contributed by atoms with Gasteiger partial charge in [0.15, 0.2) is 5.76 Å². The van der Waals surface area contributed by atoms with Crippen LogP contribution in [0.2, 0.25) is 0 Å². The van der Waals surface area contributed by atoms with E-state index in [1.165, 1.54) is 0 Å². The first-order valence-corrected chi connectivity index (χ1v) is 6.75. The molecule has 0 bridgehead atoms. The largest absolute Gasteiger partial charge is 0.454 e. The Hall–Kier alpha value is -2.24. The smallest absolute Gasteiger partial charge is 0.337 e. The number of aliphatic hydroxyl groups excluding tert-OH is 1. The maximum absolute atomic E-state index is 11.1. The van der Waals surface area contributed by atoms with Crippen molar-refractivity contribution < 1.29 is 19.4 Å². The number of para-hydroxylation sites is 1. The molecular formula is C16H12O4S. The van der Waals surface area contributed by atoms with Crippen LogP contribution >= 0.6 is 12.6 Å². The average Bonchev–Trinajstić information content (AvgIpc) is 2.79. The lowest BCUT2D eigenvalue weighted by Gasteiger charge is -2.13. The first-order chi connectivity index (χ1) is 10.1. The lowest BCUT2D eigenvalue weighted by Crippen LogP contribution is -2.13. The van der Waals surface area contributed by atoms with Gasteiger partial charge < -0.3 is 14.6 Å². The Morgan fingerprint density at radius 1 is 1.10 bits per heavy atom. The van der Waals surface area contributed by atoms with Crippen LogP contribution in [0.3, 0.4) is 0 Å². The van der Waals surface area contributed by atoms with Crippen molar-refractivity contribution in [1.82, 2.24) is 0 Å². The van der Waals surface area contributed by atoms with Crippen molar-refractivity contribution in [3.05, 3.63) is 60.4 Å². The Morgan fingerprint density at radius 2 is 1.81 bits per heavy atom. The summed E-state index contributed by atoms with van der Waals surface area (Å²) in [5, 5.41) is 9.57. The van der Waals surface area contributed by atoms with E-state index in [9.17, 15) is 9.90 Å². The van der Waals surface area contributed by atoms with Crippen molar-refractivity contribution >= 4 is 18.6 Å². The minimum Gasteiger partial charge on any atom is -0.454 e. The lowest BCUT2D eigenvalue weighted by molar-refractivity contribution is -0.153. The van der Waals surface area contributed by atoms with E-state index < -0.39 is 12.3 Å². The molecule has 3 rings (SSSR count). The van der Waals surface area contributed by atoms with Crippen LogP contribution < -0.4 is 4.74 Å². The van der Waals surface area contributed by atoms with E-state index in [4.69, 9.17) is 4.74 Å². The third-order valence-corrected chi connectivity index (χ3v) is 3.32. The lowest BCUT2D eigenvalue weighted by atomic mass is 10.0. The second-order valence-corrected chi connectivity index (χ2v) is 5.00. The molecule has 2 aromatic carbocycles. The van der Waals surface area contributed by atoms with E-state index in [-0.39, 0.29) is 5.76 Å². The zero-order valence-electron chi connectivity index (χ0n) is 10.9. The monoisotopic (exact) mass is 300 g/mol. The molecule has 1 unspecified atom stereocenters.